The van der Waals surface area contributed by atoms with E-state index in [1.165, 1.54) is 6.07 Å². The number of amides is 1. The highest BCUT2D eigenvalue weighted by Crippen LogP contribution is 2.45. The van der Waals surface area contributed by atoms with Crippen molar-refractivity contribution >= 4 is 11.9 Å². The molecule has 0 aromatic heterocycles. The van der Waals surface area contributed by atoms with Crippen LogP contribution in [0.1, 0.15) is 60.0 Å². The number of carboxylic acids is 1. The zero-order chi connectivity index (χ0) is 23.4. The first-order valence-corrected chi connectivity index (χ1v) is 11.6. The van der Waals surface area contributed by atoms with Crippen molar-refractivity contribution in [3.05, 3.63) is 83.2 Å². The summed E-state index contributed by atoms with van der Waals surface area (Å²) in [5.41, 5.74) is 1.15. The van der Waals surface area contributed by atoms with E-state index in [2.05, 4.69) is 0 Å². The van der Waals surface area contributed by atoms with E-state index in [0.29, 0.717) is 31.4 Å². The second kappa shape index (κ2) is 9.87. The van der Waals surface area contributed by atoms with Crippen LogP contribution in [0.5, 0.6) is 0 Å². The molecule has 1 saturated carbocycles. The molecule has 2 aromatic rings. The van der Waals surface area contributed by atoms with Gasteiger partial charge in [0, 0.05) is 18.4 Å². The number of rotatable bonds is 8. The number of aromatic carboxylic acids is 1. The Labute approximate surface area is 193 Å². The molecule has 6 heteroatoms. The Balaban J connectivity index is 1.45. The number of hydrogen-bond donors (Lipinski definition) is 2. The normalized spacial score (nSPS) is 21.1. The lowest BCUT2D eigenvalue weighted by Gasteiger charge is -2.34. The summed E-state index contributed by atoms with van der Waals surface area (Å²) in [6.07, 6.45) is 7.99. The van der Waals surface area contributed by atoms with Crippen LogP contribution in [0.3, 0.4) is 0 Å². The molecule has 0 radical (unpaired) electrons. The maximum atomic E-state index is 14.6. The van der Waals surface area contributed by atoms with Gasteiger partial charge in [0.25, 0.3) is 0 Å². The van der Waals surface area contributed by atoms with E-state index < -0.39 is 17.5 Å². The Kier molecular flexibility index (Phi) is 6.94. The third kappa shape index (κ3) is 4.86. The predicted molar refractivity (Wildman–Crippen MR) is 124 cm³/mol. The number of hydrogen-bond acceptors (Lipinski definition) is 3. The average molecular weight is 452 g/mol. The van der Waals surface area contributed by atoms with E-state index in [4.69, 9.17) is 5.11 Å². The first-order chi connectivity index (χ1) is 15.9. The standard InChI is InChI=1S/C27H30FNO4/c28-23-6-2-1-5-22(23)27(16-3-4-17-27)24(30)13-11-21-12-14-25(31)29(21)18-15-19-7-9-20(10-8-19)26(32)33/h1-2,5-11,13,21,24,30H,3-4,12,14-18H2,(H,32,33)/t21-,24-/m0/s1. The zero-order valence-corrected chi connectivity index (χ0v) is 18.6. The second-order valence-corrected chi connectivity index (χ2v) is 9.12. The molecule has 2 N–H and O–H groups in total. The summed E-state index contributed by atoms with van der Waals surface area (Å²) in [6, 6.07) is 13.3. The number of halogens is 1. The lowest BCUT2D eigenvalue weighted by Crippen LogP contribution is -2.38. The summed E-state index contributed by atoms with van der Waals surface area (Å²) in [7, 11) is 0. The molecule has 2 aliphatic rings. The minimum atomic E-state index is -0.963. The molecule has 1 aliphatic heterocycles. The monoisotopic (exact) mass is 451 g/mol. The third-order valence-electron chi connectivity index (χ3n) is 7.20. The lowest BCUT2D eigenvalue weighted by atomic mass is 9.73. The van der Waals surface area contributed by atoms with Crippen LogP contribution in [-0.4, -0.2) is 45.7 Å². The minimum Gasteiger partial charge on any atom is -0.478 e. The molecule has 1 saturated heterocycles. The van der Waals surface area contributed by atoms with Crippen molar-refractivity contribution in [3.63, 3.8) is 0 Å². The Morgan fingerprint density at radius 1 is 1.15 bits per heavy atom. The molecule has 2 atom stereocenters. The highest BCUT2D eigenvalue weighted by molar-refractivity contribution is 5.87. The topological polar surface area (TPSA) is 77.8 Å². The molecule has 1 aliphatic carbocycles. The van der Waals surface area contributed by atoms with Gasteiger partial charge in [-0.3, -0.25) is 4.79 Å². The molecule has 4 rings (SSSR count). The Hall–Kier alpha value is -2.99. The van der Waals surface area contributed by atoms with Crippen LogP contribution in [0, 0.1) is 5.82 Å². The molecule has 5 nitrogen and oxygen atoms in total. The fourth-order valence-corrected chi connectivity index (χ4v) is 5.32. The van der Waals surface area contributed by atoms with E-state index in [1.807, 2.05) is 17.0 Å². The van der Waals surface area contributed by atoms with Gasteiger partial charge in [-0.15, -0.1) is 0 Å². The van der Waals surface area contributed by atoms with Gasteiger partial charge >= 0.3 is 5.97 Å². The summed E-state index contributed by atoms with van der Waals surface area (Å²) in [6.45, 7) is 0.523. The summed E-state index contributed by atoms with van der Waals surface area (Å²) in [5.74, 6) is -1.17. The van der Waals surface area contributed by atoms with Crippen LogP contribution in [0.15, 0.2) is 60.7 Å². The number of carbonyl (C=O) groups excluding carboxylic acids is 1. The van der Waals surface area contributed by atoms with Crippen LogP contribution in [-0.2, 0) is 16.6 Å². The predicted octanol–water partition coefficient (Wildman–Crippen LogP) is 4.49. The van der Waals surface area contributed by atoms with Crippen molar-refractivity contribution in [2.24, 2.45) is 0 Å². The van der Waals surface area contributed by atoms with Crippen LogP contribution in [0.4, 0.5) is 4.39 Å². The number of benzene rings is 2. The Morgan fingerprint density at radius 2 is 1.85 bits per heavy atom. The zero-order valence-electron chi connectivity index (χ0n) is 18.6. The molecule has 0 spiro atoms. The fraction of sp³-hybridized carbons (Fsp3) is 0.407. The van der Waals surface area contributed by atoms with Gasteiger partial charge in [0.15, 0.2) is 0 Å². The lowest BCUT2D eigenvalue weighted by molar-refractivity contribution is -0.128. The third-order valence-corrected chi connectivity index (χ3v) is 7.20. The molecule has 0 unspecified atom stereocenters. The molecule has 2 aromatic carbocycles. The Morgan fingerprint density at radius 3 is 2.52 bits per heavy atom. The van der Waals surface area contributed by atoms with E-state index in [0.717, 1.165) is 31.2 Å². The summed E-state index contributed by atoms with van der Waals surface area (Å²) < 4.78 is 14.6. The molecular formula is C27H30FNO4. The maximum Gasteiger partial charge on any atom is 0.335 e. The average Bonchev–Trinajstić information content (AvgIpc) is 3.44. The van der Waals surface area contributed by atoms with E-state index in [-0.39, 0.29) is 23.3 Å². The minimum absolute atomic E-state index is 0.0750. The van der Waals surface area contributed by atoms with Gasteiger partial charge in [-0.1, -0.05) is 55.3 Å². The number of carbonyl (C=O) groups is 2. The number of nitrogens with zero attached hydrogens (tertiary/aromatic N) is 1. The smallest absolute Gasteiger partial charge is 0.335 e. The van der Waals surface area contributed by atoms with Gasteiger partial charge in [-0.05, 0) is 55.0 Å². The fourth-order valence-electron chi connectivity index (χ4n) is 5.32. The van der Waals surface area contributed by atoms with Crippen LogP contribution in [0.25, 0.3) is 0 Å². The van der Waals surface area contributed by atoms with E-state index >= 15 is 0 Å². The van der Waals surface area contributed by atoms with Crippen LogP contribution < -0.4 is 0 Å². The van der Waals surface area contributed by atoms with Gasteiger partial charge in [0.2, 0.25) is 5.91 Å². The van der Waals surface area contributed by atoms with Crippen LogP contribution >= 0.6 is 0 Å². The number of aliphatic hydroxyl groups excluding tert-OH is 1. The number of likely N-dealkylation sites (tertiary alicyclic amines) is 1. The maximum absolute atomic E-state index is 14.6. The Bertz CT molecular complexity index is 1030. The van der Waals surface area contributed by atoms with Crippen molar-refractivity contribution in [1.82, 2.24) is 4.90 Å². The molecule has 1 heterocycles. The van der Waals surface area contributed by atoms with Crippen molar-refractivity contribution in [3.8, 4) is 0 Å². The first kappa shape index (κ1) is 23.2. The van der Waals surface area contributed by atoms with E-state index in [9.17, 15) is 19.1 Å². The van der Waals surface area contributed by atoms with E-state index in [1.54, 1.807) is 42.5 Å². The second-order valence-electron chi connectivity index (χ2n) is 9.12. The summed E-state index contributed by atoms with van der Waals surface area (Å²) in [5, 5.41) is 20.2. The summed E-state index contributed by atoms with van der Waals surface area (Å²) in [4.78, 5) is 25.3. The molecule has 174 valence electrons. The first-order valence-electron chi connectivity index (χ1n) is 11.6. The largest absolute Gasteiger partial charge is 0.478 e. The number of aliphatic hydroxyl groups is 1. The molecule has 0 bridgehead atoms. The highest BCUT2D eigenvalue weighted by Gasteiger charge is 2.43. The van der Waals surface area contributed by atoms with Crippen LogP contribution in [0.2, 0.25) is 0 Å². The van der Waals surface area contributed by atoms with Crippen molar-refractivity contribution < 1.29 is 24.2 Å². The molecule has 2 fully saturated rings. The molecule has 33 heavy (non-hydrogen) atoms. The van der Waals surface area contributed by atoms with Gasteiger partial charge < -0.3 is 15.1 Å². The number of carboxylic acid groups (broad SMARTS) is 1. The van der Waals surface area contributed by atoms with Gasteiger partial charge in [-0.2, -0.15) is 0 Å². The summed E-state index contributed by atoms with van der Waals surface area (Å²) >= 11 is 0. The highest BCUT2D eigenvalue weighted by atomic mass is 19.1. The van der Waals surface area contributed by atoms with Gasteiger partial charge in [0.1, 0.15) is 5.82 Å². The molecular weight excluding hydrogens is 421 g/mol. The van der Waals surface area contributed by atoms with Gasteiger partial charge in [-0.25, -0.2) is 9.18 Å². The SMILES string of the molecule is O=C(O)c1ccc(CCN2C(=O)CC[C@@H]2C=C[C@H](O)C2(c3ccccc3F)CCCC2)cc1. The van der Waals surface area contributed by atoms with Crippen molar-refractivity contribution in [2.45, 2.75) is 62.5 Å². The molecule has 1 amide bonds. The van der Waals surface area contributed by atoms with Gasteiger partial charge in [0.05, 0.1) is 17.7 Å². The van der Waals surface area contributed by atoms with Crippen molar-refractivity contribution in [2.75, 3.05) is 6.54 Å². The van der Waals surface area contributed by atoms with Crippen molar-refractivity contribution in [1.29, 1.82) is 0 Å². The quantitative estimate of drug-likeness (QED) is 0.580.